The molecule has 2 N–H and O–H groups in total. The molecule has 0 spiro atoms. The number of nitrogens with one attached hydrogen (secondary N) is 2. The largest absolute Gasteiger partial charge is 0.486 e. The molecule has 154 valence electrons. The maximum Gasteiger partial charge on any atom is 0.330 e. The fourth-order valence-corrected chi connectivity index (χ4v) is 3.92. The predicted octanol–water partition coefficient (Wildman–Crippen LogP) is 3.13. The minimum atomic E-state index is -0.197. The summed E-state index contributed by atoms with van der Waals surface area (Å²) in [6.07, 6.45) is 3.85. The Labute approximate surface area is 173 Å². The first-order valence-electron chi connectivity index (χ1n) is 10.2. The number of hydrogen-bond donors (Lipinski definition) is 2. The number of H-pyrrole nitrogens is 1. The van der Waals surface area contributed by atoms with Crippen LogP contribution in [-0.4, -0.2) is 28.7 Å². The molecule has 0 bridgehead atoms. The maximum absolute atomic E-state index is 12.9. The average Bonchev–Trinajstić information content (AvgIpc) is 3.56. The monoisotopic (exact) mass is 405 g/mol. The van der Waals surface area contributed by atoms with Gasteiger partial charge in [0.05, 0.1) is 11.7 Å². The van der Waals surface area contributed by atoms with Gasteiger partial charge in [0.2, 0.25) is 0 Å². The van der Waals surface area contributed by atoms with E-state index in [1.807, 2.05) is 25.1 Å². The normalized spacial score (nSPS) is 16.2. The highest BCUT2D eigenvalue weighted by molar-refractivity contribution is 5.94. The van der Waals surface area contributed by atoms with Gasteiger partial charge in [0.25, 0.3) is 5.91 Å². The molecule has 1 atom stereocenters. The van der Waals surface area contributed by atoms with Crippen LogP contribution < -0.4 is 20.5 Å². The lowest BCUT2D eigenvalue weighted by molar-refractivity contribution is 0.0931. The van der Waals surface area contributed by atoms with E-state index in [1.165, 1.54) is 0 Å². The SMILES string of the molecule is Cc1c[nH]c(=O)n1-c1ccc(C(=O)NC(c2ccc3c(c2)OCCO3)C2CC2)cc1. The van der Waals surface area contributed by atoms with Crippen LogP contribution in [-0.2, 0) is 0 Å². The summed E-state index contributed by atoms with van der Waals surface area (Å²) in [6.45, 7) is 2.94. The third-order valence-corrected chi connectivity index (χ3v) is 5.65. The Morgan fingerprint density at radius 1 is 1.10 bits per heavy atom. The molecular weight excluding hydrogens is 382 g/mol. The van der Waals surface area contributed by atoms with Gasteiger partial charge in [-0.15, -0.1) is 0 Å². The first kappa shape index (κ1) is 18.5. The minimum Gasteiger partial charge on any atom is -0.486 e. The Bertz CT molecular complexity index is 1140. The smallest absolute Gasteiger partial charge is 0.330 e. The number of nitrogens with zero attached hydrogens (tertiary/aromatic N) is 1. The Morgan fingerprint density at radius 3 is 2.50 bits per heavy atom. The molecule has 0 saturated heterocycles. The van der Waals surface area contributed by atoms with Crippen molar-refractivity contribution in [1.82, 2.24) is 14.9 Å². The van der Waals surface area contributed by atoms with Gasteiger partial charge < -0.3 is 19.8 Å². The van der Waals surface area contributed by atoms with E-state index in [2.05, 4.69) is 10.3 Å². The van der Waals surface area contributed by atoms with E-state index in [-0.39, 0.29) is 17.6 Å². The molecule has 1 amide bonds. The van der Waals surface area contributed by atoms with E-state index in [0.29, 0.717) is 24.7 Å². The van der Waals surface area contributed by atoms with Crippen molar-refractivity contribution in [3.05, 3.63) is 76.0 Å². The molecule has 1 saturated carbocycles. The van der Waals surface area contributed by atoms with E-state index >= 15 is 0 Å². The Kier molecular flexibility index (Phi) is 4.58. The Morgan fingerprint density at radius 2 is 1.83 bits per heavy atom. The molecule has 3 aromatic rings. The topological polar surface area (TPSA) is 85.4 Å². The molecule has 2 heterocycles. The summed E-state index contributed by atoms with van der Waals surface area (Å²) in [7, 11) is 0. The molecule has 1 aromatic heterocycles. The number of hydrogen-bond acceptors (Lipinski definition) is 4. The van der Waals surface area contributed by atoms with E-state index in [4.69, 9.17) is 9.47 Å². The minimum absolute atomic E-state index is 0.0671. The molecule has 5 rings (SSSR count). The first-order valence-corrected chi connectivity index (χ1v) is 10.2. The molecule has 30 heavy (non-hydrogen) atoms. The second kappa shape index (κ2) is 7.40. The number of benzene rings is 2. The van der Waals surface area contributed by atoms with Gasteiger partial charge in [-0.05, 0) is 67.6 Å². The third kappa shape index (κ3) is 3.47. The van der Waals surface area contributed by atoms with Crippen LogP contribution in [0.1, 0.15) is 40.5 Å². The molecule has 7 heteroatoms. The van der Waals surface area contributed by atoms with Crippen molar-refractivity contribution in [2.45, 2.75) is 25.8 Å². The summed E-state index contributed by atoms with van der Waals surface area (Å²) in [6, 6.07) is 12.9. The molecular formula is C23H23N3O4. The number of carbonyl (C=O) groups excluding carboxylic acids is 1. The molecule has 2 aromatic carbocycles. The molecule has 1 aliphatic heterocycles. The zero-order chi connectivity index (χ0) is 20.7. The number of aromatic amines is 1. The summed E-state index contributed by atoms with van der Waals surface area (Å²) in [5.41, 5.74) is 2.92. The summed E-state index contributed by atoms with van der Waals surface area (Å²) in [5, 5.41) is 3.19. The standard InChI is InChI=1S/C23H23N3O4/c1-14-13-24-23(28)26(14)18-7-4-16(5-8-18)22(27)25-21(15-2-3-15)17-6-9-19-20(12-17)30-11-10-29-19/h4-9,12-13,15,21H,2-3,10-11H2,1H3,(H,24,28)(H,25,27). The Balaban J connectivity index is 1.36. The molecule has 1 fully saturated rings. The van der Waals surface area contributed by atoms with Crippen LogP contribution in [0.15, 0.2) is 53.5 Å². The molecule has 2 aliphatic rings. The van der Waals surface area contributed by atoms with Gasteiger partial charge >= 0.3 is 5.69 Å². The Hall–Kier alpha value is -3.48. The second-order valence-electron chi connectivity index (χ2n) is 7.81. The zero-order valence-electron chi connectivity index (χ0n) is 16.7. The van der Waals surface area contributed by atoms with Crippen molar-refractivity contribution in [1.29, 1.82) is 0 Å². The van der Waals surface area contributed by atoms with Gasteiger partial charge in [-0.25, -0.2) is 4.79 Å². The summed E-state index contributed by atoms with van der Waals surface area (Å²) in [5.74, 6) is 1.77. The van der Waals surface area contributed by atoms with E-state index in [0.717, 1.165) is 41.3 Å². The van der Waals surface area contributed by atoms with E-state index in [1.54, 1.807) is 35.0 Å². The first-order chi connectivity index (χ1) is 14.6. The highest BCUT2D eigenvalue weighted by Gasteiger charge is 2.34. The number of amides is 1. The van der Waals surface area contributed by atoms with Crippen LogP contribution in [0.4, 0.5) is 0 Å². The lowest BCUT2D eigenvalue weighted by Gasteiger charge is -2.23. The lowest BCUT2D eigenvalue weighted by Crippen LogP contribution is -2.30. The van der Waals surface area contributed by atoms with Crippen LogP contribution in [0.3, 0.4) is 0 Å². The van der Waals surface area contributed by atoms with Crippen molar-refractivity contribution in [3.63, 3.8) is 0 Å². The van der Waals surface area contributed by atoms with Gasteiger partial charge in [-0.2, -0.15) is 0 Å². The van der Waals surface area contributed by atoms with Crippen LogP contribution in [0.5, 0.6) is 11.5 Å². The third-order valence-electron chi connectivity index (χ3n) is 5.65. The van der Waals surface area contributed by atoms with Crippen LogP contribution in [0.2, 0.25) is 0 Å². The molecule has 1 aliphatic carbocycles. The van der Waals surface area contributed by atoms with Crippen LogP contribution >= 0.6 is 0 Å². The van der Waals surface area contributed by atoms with Crippen molar-refractivity contribution in [2.75, 3.05) is 13.2 Å². The lowest BCUT2D eigenvalue weighted by atomic mass is 10.0. The fraction of sp³-hybridized carbons (Fsp3) is 0.304. The van der Waals surface area contributed by atoms with Gasteiger partial charge in [-0.3, -0.25) is 9.36 Å². The maximum atomic E-state index is 12.9. The number of aryl methyl sites for hydroxylation is 1. The van der Waals surface area contributed by atoms with Crippen molar-refractivity contribution in [2.24, 2.45) is 5.92 Å². The molecule has 0 radical (unpaired) electrons. The predicted molar refractivity (Wildman–Crippen MR) is 111 cm³/mol. The van der Waals surface area contributed by atoms with Crippen molar-refractivity contribution < 1.29 is 14.3 Å². The van der Waals surface area contributed by atoms with Crippen LogP contribution in [0.25, 0.3) is 5.69 Å². The second-order valence-corrected chi connectivity index (χ2v) is 7.81. The number of ether oxygens (including phenoxy) is 2. The molecule has 1 unspecified atom stereocenters. The average molecular weight is 405 g/mol. The summed E-state index contributed by atoms with van der Waals surface area (Å²) in [4.78, 5) is 27.6. The molecule has 7 nitrogen and oxygen atoms in total. The van der Waals surface area contributed by atoms with Gasteiger partial charge in [-0.1, -0.05) is 6.07 Å². The number of fused-ring (bicyclic) bond motifs is 1. The van der Waals surface area contributed by atoms with Gasteiger partial charge in [0, 0.05) is 17.5 Å². The quantitative estimate of drug-likeness (QED) is 0.683. The highest BCUT2D eigenvalue weighted by Crippen LogP contribution is 2.43. The number of aromatic nitrogens is 2. The zero-order valence-corrected chi connectivity index (χ0v) is 16.7. The van der Waals surface area contributed by atoms with Gasteiger partial charge in [0.1, 0.15) is 13.2 Å². The highest BCUT2D eigenvalue weighted by atomic mass is 16.6. The number of imidazole rings is 1. The number of carbonyl (C=O) groups is 1. The number of rotatable bonds is 5. The van der Waals surface area contributed by atoms with E-state index < -0.39 is 0 Å². The van der Waals surface area contributed by atoms with Gasteiger partial charge in [0.15, 0.2) is 11.5 Å². The summed E-state index contributed by atoms with van der Waals surface area (Å²) < 4.78 is 12.9. The van der Waals surface area contributed by atoms with E-state index in [9.17, 15) is 9.59 Å². The van der Waals surface area contributed by atoms with Crippen LogP contribution in [0, 0.1) is 12.8 Å². The van der Waals surface area contributed by atoms with Crippen molar-refractivity contribution >= 4 is 5.91 Å². The summed E-state index contributed by atoms with van der Waals surface area (Å²) >= 11 is 0. The van der Waals surface area contributed by atoms with Crippen molar-refractivity contribution in [3.8, 4) is 17.2 Å². The fourth-order valence-electron chi connectivity index (χ4n) is 3.92.